The van der Waals surface area contributed by atoms with E-state index in [9.17, 15) is 4.79 Å². The molecule has 0 amide bonds. The number of hydrazone groups is 1. The van der Waals surface area contributed by atoms with Crippen molar-refractivity contribution in [1.82, 2.24) is 14.8 Å². The summed E-state index contributed by atoms with van der Waals surface area (Å²) in [6.07, 6.45) is 1.00. The number of aldehydes is 1. The smallest absolute Gasteiger partial charge is 0.148 e. The predicted molar refractivity (Wildman–Crippen MR) is 100 cm³/mol. The molecule has 1 aromatic carbocycles. The molecule has 0 aromatic heterocycles. The molecule has 130 valence electrons. The zero-order valence-electron chi connectivity index (χ0n) is 14.6. The van der Waals surface area contributed by atoms with E-state index in [4.69, 9.17) is 0 Å². The Morgan fingerprint density at radius 3 is 2.62 bits per heavy atom. The van der Waals surface area contributed by atoms with Gasteiger partial charge < -0.3 is 9.69 Å². The zero-order chi connectivity index (χ0) is 17.3. The molecule has 1 saturated heterocycles. The van der Waals surface area contributed by atoms with Gasteiger partial charge in [0.25, 0.3) is 0 Å². The average Bonchev–Trinajstić information content (AvgIpc) is 2.56. The lowest BCUT2D eigenvalue weighted by atomic mass is 9.96. The lowest BCUT2D eigenvalue weighted by molar-refractivity contribution is -0.113. The summed E-state index contributed by atoms with van der Waals surface area (Å²) in [4.78, 5) is 16.6. The molecule has 1 fully saturated rings. The van der Waals surface area contributed by atoms with Gasteiger partial charge in [0.2, 0.25) is 0 Å². The largest absolute Gasteiger partial charge is 0.304 e. The maximum atomic E-state index is 11.7. The minimum atomic E-state index is -0.311. The van der Waals surface area contributed by atoms with Crippen molar-refractivity contribution in [3.63, 3.8) is 0 Å². The van der Waals surface area contributed by atoms with Crippen LogP contribution in [0.25, 0.3) is 0 Å². The minimum Gasteiger partial charge on any atom is -0.304 e. The number of nitrogens with zero attached hydrogens (tertiary/aromatic N) is 4. The quantitative estimate of drug-likeness (QED) is 0.737. The highest BCUT2D eigenvalue weighted by Crippen LogP contribution is 2.32. The third-order valence-electron chi connectivity index (χ3n) is 4.81. The summed E-state index contributed by atoms with van der Waals surface area (Å²) in [5.74, 6) is 0. The van der Waals surface area contributed by atoms with Gasteiger partial charge in [-0.1, -0.05) is 18.2 Å². The first-order valence-electron chi connectivity index (χ1n) is 8.51. The molecular formula is C18H25BrN4O. The normalized spacial score (nSPS) is 22.5. The fourth-order valence-corrected chi connectivity index (χ4v) is 3.88. The van der Waals surface area contributed by atoms with Crippen molar-refractivity contribution in [3.05, 3.63) is 34.9 Å². The number of carbonyl (C=O) groups excluding carboxylic acids is 1. The molecule has 24 heavy (non-hydrogen) atoms. The molecule has 1 aromatic rings. The molecule has 0 bridgehead atoms. The van der Waals surface area contributed by atoms with Crippen LogP contribution in [-0.4, -0.2) is 65.0 Å². The molecule has 5 nitrogen and oxygen atoms in total. The van der Waals surface area contributed by atoms with Gasteiger partial charge in [0.1, 0.15) is 16.9 Å². The molecule has 1 unspecified atom stereocenters. The number of piperazine rings is 1. The summed E-state index contributed by atoms with van der Waals surface area (Å²) in [6, 6.07) is 6.28. The molecule has 6 heteroatoms. The Morgan fingerprint density at radius 1 is 1.29 bits per heavy atom. The van der Waals surface area contributed by atoms with Crippen molar-refractivity contribution in [3.8, 4) is 0 Å². The van der Waals surface area contributed by atoms with Crippen molar-refractivity contribution in [2.75, 3.05) is 33.2 Å². The van der Waals surface area contributed by atoms with Gasteiger partial charge in [0, 0.05) is 44.3 Å². The first-order valence-corrected chi connectivity index (χ1v) is 9.30. The summed E-state index contributed by atoms with van der Waals surface area (Å²) in [5, 5.41) is 6.42. The molecule has 2 aliphatic heterocycles. The Bertz CT molecular complexity index is 638. The predicted octanol–water partition coefficient (Wildman–Crippen LogP) is 2.45. The summed E-state index contributed by atoms with van der Waals surface area (Å²) in [6.45, 7) is 9.45. The van der Waals surface area contributed by atoms with Crippen LogP contribution in [0.5, 0.6) is 0 Å². The summed E-state index contributed by atoms with van der Waals surface area (Å²) in [7, 11) is 2.17. The standard InChI is InChI=1S/C18H25BrN4O/c1-13(2)23-17(12-24)16-10-14(4-5-15(16)18(19)20-23)11-22-8-6-21(3)7-9-22/h4-5,10,12-13,17H,6-9,11H2,1-3H3. The lowest BCUT2D eigenvalue weighted by Gasteiger charge is -2.35. The maximum absolute atomic E-state index is 11.7. The van der Waals surface area contributed by atoms with Crippen molar-refractivity contribution in [1.29, 1.82) is 0 Å². The fourth-order valence-electron chi connectivity index (χ4n) is 3.34. The molecule has 0 radical (unpaired) electrons. The molecule has 0 N–H and O–H groups in total. The van der Waals surface area contributed by atoms with Gasteiger partial charge in [0.05, 0.1) is 0 Å². The van der Waals surface area contributed by atoms with E-state index < -0.39 is 0 Å². The van der Waals surface area contributed by atoms with E-state index in [1.807, 2.05) is 5.01 Å². The fraction of sp³-hybridized carbons (Fsp3) is 0.556. The first kappa shape index (κ1) is 17.6. The van der Waals surface area contributed by atoms with E-state index in [0.717, 1.165) is 54.8 Å². The molecular weight excluding hydrogens is 368 g/mol. The third kappa shape index (κ3) is 3.55. The lowest BCUT2D eigenvalue weighted by Crippen LogP contribution is -2.43. The van der Waals surface area contributed by atoms with Crippen LogP contribution in [0, 0.1) is 0 Å². The summed E-state index contributed by atoms with van der Waals surface area (Å²) in [5.41, 5.74) is 3.33. The van der Waals surface area contributed by atoms with Crippen LogP contribution in [-0.2, 0) is 11.3 Å². The van der Waals surface area contributed by atoms with Crippen LogP contribution < -0.4 is 0 Å². The second kappa shape index (κ2) is 7.33. The van der Waals surface area contributed by atoms with Crippen molar-refractivity contribution in [2.24, 2.45) is 5.10 Å². The first-order chi connectivity index (χ1) is 11.5. The van der Waals surface area contributed by atoms with E-state index in [-0.39, 0.29) is 12.1 Å². The molecule has 1 atom stereocenters. The maximum Gasteiger partial charge on any atom is 0.148 e. The van der Waals surface area contributed by atoms with E-state index >= 15 is 0 Å². The molecule has 0 aliphatic carbocycles. The van der Waals surface area contributed by atoms with Gasteiger partial charge in [-0.2, -0.15) is 5.10 Å². The SMILES string of the molecule is CC(C)N1N=C(Br)c2ccc(CN3CCN(C)CC3)cc2C1C=O. The van der Waals surface area contributed by atoms with Crippen molar-refractivity contribution in [2.45, 2.75) is 32.5 Å². The molecule has 0 saturated carbocycles. The van der Waals surface area contributed by atoms with Crippen LogP contribution in [0.4, 0.5) is 0 Å². The Labute approximate surface area is 152 Å². The number of hydrogen-bond donors (Lipinski definition) is 0. The van der Waals surface area contributed by atoms with Gasteiger partial charge in [-0.05, 0) is 48.0 Å². The molecule has 3 rings (SSSR count). The van der Waals surface area contributed by atoms with Crippen LogP contribution in [0.3, 0.4) is 0 Å². The van der Waals surface area contributed by atoms with E-state index in [2.05, 4.69) is 69.9 Å². The number of benzene rings is 1. The van der Waals surface area contributed by atoms with E-state index in [1.54, 1.807) is 0 Å². The molecule has 2 aliphatic rings. The van der Waals surface area contributed by atoms with Crippen molar-refractivity contribution >= 4 is 26.8 Å². The zero-order valence-corrected chi connectivity index (χ0v) is 16.2. The highest BCUT2D eigenvalue weighted by molar-refractivity contribution is 9.18. The number of likely N-dealkylation sites (N-methyl/N-ethyl adjacent to an activating group) is 1. The van der Waals surface area contributed by atoms with Crippen LogP contribution in [0.15, 0.2) is 23.3 Å². The monoisotopic (exact) mass is 392 g/mol. The van der Waals surface area contributed by atoms with Gasteiger partial charge in [-0.25, -0.2) is 0 Å². The third-order valence-corrected chi connectivity index (χ3v) is 5.39. The van der Waals surface area contributed by atoms with Gasteiger partial charge in [0.15, 0.2) is 0 Å². The summed E-state index contributed by atoms with van der Waals surface area (Å²) < 4.78 is 0.801. The van der Waals surface area contributed by atoms with Crippen LogP contribution in [0.1, 0.15) is 36.6 Å². The minimum absolute atomic E-state index is 0.169. The topological polar surface area (TPSA) is 39.1 Å². The van der Waals surface area contributed by atoms with Gasteiger partial charge >= 0.3 is 0 Å². The Kier molecular flexibility index (Phi) is 5.37. The average molecular weight is 393 g/mol. The second-order valence-corrected chi connectivity index (χ2v) is 7.70. The van der Waals surface area contributed by atoms with Crippen molar-refractivity contribution < 1.29 is 4.79 Å². The number of halogens is 1. The molecule has 2 heterocycles. The second-order valence-electron chi connectivity index (χ2n) is 6.95. The Balaban J connectivity index is 1.85. The van der Waals surface area contributed by atoms with E-state index in [1.165, 1.54) is 5.56 Å². The van der Waals surface area contributed by atoms with Gasteiger partial charge in [-0.3, -0.25) is 9.91 Å². The van der Waals surface area contributed by atoms with E-state index in [0.29, 0.717) is 0 Å². The number of hydrogen-bond acceptors (Lipinski definition) is 5. The number of rotatable bonds is 4. The highest BCUT2D eigenvalue weighted by atomic mass is 79.9. The Morgan fingerprint density at radius 2 is 2.00 bits per heavy atom. The molecule has 0 spiro atoms. The highest BCUT2D eigenvalue weighted by Gasteiger charge is 2.29. The van der Waals surface area contributed by atoms with Gasteiger partial charge in [-0.15, -0.1) is 0 Å². The Hall–Kier alpha value is -1.24. The summed E-state index contributed by atoms with van der Waals surface area (Å²) >= 11 is 3.56. The number of carbonyl (C=O) groups is 1. The van der Waals surface area contributed by atoms with Crippen LogP contribution in [0.2, 0.25) is 0 Å². The van der Waals surface area contributed by atoms with Crippen LogP contribution >= 0.6 is 15.9 Å². The number of fused-ring (bicyclic) bond motifs is 1.